The molecule has 0 aromatic rings. The highest BCUT2D eigenvalue weighted by Gasteiger charge is 2.27. The lowest BCUT2D eigenvalue weighted by atomic mass is 10.0. The fourth-order valence-electron chi connectivity index (χ4n) is 7.75. The minimum atomic E-state index is -4.38. The van der Waals surface area contributed by atoms with E-state index in [1.165, 1.54) is 167 Å². The first kappa shape index (κ1) is 62.5. The molecule has 378 valence electrons. The predicted octanol–water partition coefficient (Wildman–Crippen LogP) is 16.3. The Labute approximate surface area is 396 Å². The number of ether oxygens (including phenoxy) is 2. The summed E-state index contributed by atoms with van der Waals surface area (Å²) in [5.74, 6) is -0.801. The molecule has 0 aliphatic heterocycles. The molecule has 0 amide bonds. The number of rotatable bonds is 50. The summed E-state index contributed by atoms with van der Waals surface area (Å²) in [4.78, 5) is 35.6. The normalized spacial score (nSPS) is 13.5. The van der Waals surface area contributed by atoms with Crippen molar-refractivity contribution in [1.82, 2.24) is 0 Å². The largest absolute Gasteiger partial charge is 0.472 e. The average molecular weight is 927 g/mol. The fraction of sp³-hybridized carbons (Fsp3) is 0.889. The van der Waals surface area contributed by atoms with Crippen LogP contribution in [0.3, 0.4) is 0 Å². The Bertz CT molecular complexity index is 1140. The van der Waals surface area contributed by atoms with Crippen LogP contribution in [0.25, 0.3) is 0 Å². The van der Waals surface area contributed by atoms with Crippen LogP contribution in [-0.4, -0.2) is 74.9 Å². The Hall–Kier alpha value is -1.51. The maximum Gasteiger partial charge on any atom is 0.472 e. The zero-order valence-electron chi connectivity index (χ0n) is 42.8. The van der Waals surface area contributed by atoms with E-state index in [4.69, 9.17) is 18.5 Å². The summed E-state index contributed by atoms with van der Waals surface area (Å²) >= 11 is 0. The van der Waals surface area contributed by atoms with Crippen molar-refractivity contribution in [2.45, 2.75) is 264 Å². The Morgan fingerprint density at radius 2 is 0.844 bits per heavy atom. The van der Waals surface area contributed by atoms with Gasteiger partial charge in [-0.1, -0.05) is 224 Å². The topological polar surface area (TPSA) is 108 Å². The van der Waals surface area contributed by atoms with Gasteiger partial charge >= 0.3 is 19.8 Å². The van der Waals surface area contributed by atoms with Crippen molar-refractivity contribution in [2.75, 3.05) is 47.5 Å². The molecule has 0 aromatic carbocycles. The van der Waals surface area contributed by atoms with Crippen LogP contribution in [0.2, 0.25) is 0 Å². The molecule has 0 aromatic heterocycles. The second-order valence-corrected chi connectivity index (χ2v) is 21.1. The summed E-state index contributed by atoms with van der Waals surface area (Å²) in [6, 6.07) is 0. The standard InChI is InChI=1S/C54H104NO8P/c1-6-8-10-12-14-16-18-20-22-24-25-26-27-28-29-30-31-33-34-36-38-40-42-44-46-53(56)60-50-52(51-62-64(58,59)61-49-48-55(3,4)5)63-54(57)47-45-43-41-39-37-35-32-23-21-19-17-15-13-11-9-7-2/h17,19,23,32,52H,6-16,18,20-22,24-31,33-51H2,1-5H3/p+1/b19-17-,32-23-. The minimum Gasteiger partial charge on any atom is -0.462 e. The van der Waals surface area contributed by atoms with Gasteiger partial charge in [0, 0.05) is 12.8 Å². The molecule has 2 unspecified atom stereocenters. The number of quaternary nitrogens is 1. The minimum absolute atomic E-state index is 0.0309. The van der Waals surface area contributed by atoms with E-state index >= 15 is 0 Å². The SMILES string of the molecule is CCCCCC/C=C\C/C=C\CCCCCCCC(=O)OC(COC(=O)CCCCCCCCCCCCCCCCCCCCCCCCCC)COP(=O)(O)OCC[N+](C)(C)C. The number of carbonyl (C=O) groups is 2. The molecule has 0 bridgehead atoms. The predicted molar refractivity (Wildman–Crippen MR) is 271 cm³/mol. The van der Waals surface area contributed by atoms with Gasteiger partial charge in [0.2, 0.25) is 0 Å². The molecule has 0 saturated carbocycles. The van der Waals surface area contributed by atoms with Gasteiger partial charge in [-0.3, -0.25) is 18.6 Å². The van der Waals surface area contributed by atoms with Crippen LogP contribution in [0.5, 0.6) is 0 Å². The smallest absolute Gasteiger partial charge is 0.462 e. The summed E-state index contributed by atoms with van der Waals surface area (Å²) in [5, 5.41) is 0. The van der Waals surface area contributed by atoms with Gasteiger partial charge in [-0.25, -0.2) is 4.57 Å². The lowest BCUT2D eigenvalue weighted by Crippen LogP contribution is -2.37. The Morgan fingerprint density at radius 3 is 1.25 bits per heavy atom. The van der Waals surface area contributed by atoms with Gasteiger partial charge < -0.3 is 18.9 Å². The molecule has 0 heterocycles. The first-order valence-electron chi connectivity index (χ1n) is 27.1. The lowest BCUT2D eigenvalue weighted by molar-refractivity contribution is -0.870. The van der Waals surface area contributed by atoms with E-state index in [0.717, 1.165) is 57.8 Å². The summed E-state index contributed by atoms with van der Waals surface area (Å²) in [5.41, 5.74) is 0. The number of phosphoric acid groups is 1. The highest BCUT2D eigenvalue weighted by molar-refractivity contribution is 7.47. The zero-order chi connectivity index (χ0) is 47.1. The van der Waals surface area contributed by atoms with Crippen molar-refractivity contribution in [3.8, 4) is 0 Å². The maximum atomic E-state index is 12.7. The van der Waals surface area contributed by atoms with Crippen molar-refractivity contribution in [3.05, 3.63) is 24.3 Å². The van der Waals surface area contributed by atoms with Crippen LogP contribution in [0.4, 0.5) is 0 Å². The van der Waals surface area contributed by atoms with Gasteiger partial charge in [-0.15, -0.1) is 0 Å². The second kappa shape index (κ2) is 46.6. The molecule has 0 saturated heterocycles. The molecule has 2 atom stereocenters. The van der Waals surface area contributed by atoms with Crippen molar-refractivity contribution in [2.24, 2.45) is 0 Å². The number of hydrogen-bond acceptors (Lipinski definition) is 7. The number of phosphoric ester groups is 1. The van der Waals surface area contributed by atoms with E-state index in [9.17, 15) is 19.0 Å². The third-order valence-electron chi connectivity index (χ3n) is 12.0. The third kappa shape index (κ3) is 49.9. The molecule has 1 N–H and O–H groups in total. The number of nitrogens with zero attached hydrogens (tertiary/aromatic N) is 1. The molecular weight excluding hydrogens is 822 g/mol. The van der Waals surface area contributed by atoms with Gasteiger partial charge in [0.05, 0.1) is 27.7 Å². The molecule has 9 nitrogen and oxygen atoms in total. The van der Waals surface area contributed by atoms with Gasteiger partial charge in [-0.05, 0) is 44.9 Å². The van der Waals surface area contributed by atoms with Crippen LogP contribution in [0.15, 0.2) is 24.3 Å². The van der Waals surface area contributed by atoms with E-state index < -0.39 is 26.5 Å². The number of allylic oxidation sites excluding steroid dienone is 4. The molecule has 64 heavy (non-hydrogen) atoms. The number of carbonyl (C=O) groups excluding carboxylic acids is 2. The van der Waals surface area contributed by atoms with Crippen LogP contribution >= 0.6 is 7.82 Å². The first-order valence-corrected chi connectivity index (χ1v) is 28.6. The lowest BCUT2D eigenvalue weighted by Gasteiger charge is -2.24. The summed E-state index contributed by atoms with van der Waals surface area (Å²) < 4.78 is 34.5. The van der Waals surface area contributed by atoms with Crippen LogP contribution in [-0.2, 0) is 32.7 Å². The molecule has 0 rings (SSSR count). The van der Waals surface area contributed by atoms with E-state index in [-0.39, 0.29) is 25.6 Å². The molecule has 0 aliphatic carbocycles. The average Bonchev–Trinajstić information content (AvgIpc) is 3.25. The quantitative estimate of drug-likeness (QED) is 0.0211. The summed E-state index contributed by atoms with van der Waals surface area (Å²) in [7, 11) is 1.48. The van der Waals surface area contributed by atoms with Gasteiger partial charge in [0.25, 0.3) is 0 Å². The molecular formula is C54H105NO8P+. The van der Waals surface area contributed by atoms with Crippen molar-refractivity contribution in [3.63, 3.8) is 0 Å². The van der Waals surface area contributed by atoms with Crippen LogP contribution < -0.4 is 0 Å². The van der Waals surface area contributed by atoms with Crippen LogP contribution in [0, 0.1) is 0 Å². The Balaban J connectivity index is 4.15. The van der Waals surface area contributed by atoms with E-state index in [1.54, 1.807) is 0 Å². The van der Waals surface area contributed by atoms with Gasteiger partial charge in [-0.2, -0.15) is 0 Å². The zero-order valence-corrected chi connectivity index (χ0v) is 43.7. The van der Waals surface area contributed by atoms with Crippen molar-refractivity contribution >= 4 is 19.8 Å². The third-order valence-corrected chi connectivity index (χ3v) is 13.0. The number of hydrogen-bond donors (Lipinski definition) is 1. The van der Waals surface area contributed by atoms with E-state index in [2.05, 4.69) is 38.2 Å². The molecule has 0 fully saturated rings. The number of esters is 2. The van der Waals surface area contributed by atoms with Crippen molar-refractivity contribution in [1.29, 1.82) is 0 Å². The van der Waals surface area contributed by atoms with Crippen LogP contribution in [0.1, 0.15) is 258 Å². The first-order chi connectivity index (χ1) is 31.0. The highest BCUT2D eigenvalue weighted by Crippen LogP contribution is 2.43. The second-order valence-electron chi connectivity index (χ2n) is 19.6. The Kier molecular flexibility index (Phi) is 45.5. The molecule has 0 spiro atoms. The number of unbranched alkanes of at least 4 members (excludes halogenated alkanes) is 32. The summed E-state index contributed by atoms with van der Waals surface area (Å²) in [6.07, 6.45) is 53.8. The highest BCUT2D eigenvalue weighted by atomic mass is 31.2. The van der Waals surface area contributed by atoms with E-state index in [1.807, 2.05) is 21.1 Å². The molecule has 10 heteroatoms. The van der Waals surface area contributed by atoms with Crippen molar-refractivity contribution < 1.29 is 42.1 Å². The van der Waals surface area contributed by atoms with E-state index in [0.29, 0.717) is 23.9 Å². The maximum absolute atomic E-state index is 12.7. The monoisotopic (exact) mass is 927 g/mol. The number of likely N-dealkylation sites (N-methyl/N-ethyl adjacent to an activating group) is 1. The summed E-state index contributed by atoms with van der Waals surface area (Å²) in [6.45, 7) is 4.44. The Morgan fingerprint density at radius 1 is 0.484 bits per heavy atom. The molecule has 0 aliphatic rings. The van der Waals surface area contributed by atoms with Gasteiger partial charge in [0.15, 0.2) is 6.10 Å². The van der Waals surface area contributed by atoms with Gasteiger partial charge in [0.1, 0.15) is 19.8 Å². The molecule has 0 radical (unpaired) electrons. The fourth-order valence-corrected chi connectivity index (χ4v) is 8.49.